The second-order valence-corrected chi connectivity index (χ2v) is 3.48. The topological polar surface area (TPSA) is 0 Å². The number of rotatable bonds is 1. The van der Waals surface area contributed by atoms with E-state index in [9.17, 15) is 0 Å². The number of benzene rings is 1. The fraction of sp³-hybridized carbons (Fsp3) is 0.0833. The van der Waals surface area contributed by atoms with Crippen molar-refractivity contribution in [3.63, 3.8) is 0 Å². The van der Waals surface area contributed by atoms with Gasteiger partial charge in [0.05, 0.1) is 0 Å². The van der Waals surface area contributed by atoms with E-state index >= 15 is 0 Å². The van der Waals surface area contributed by atoms with Crippen molar-refractivity contribution < 1.29 is 0 Å². The SMILES string of the molecule is ClC1=CC(c2ccccc2)[CH]C=C1. The molecule has 1 heteroatoms. The summed E-state index contributed by atoms with van der Waals surface area (Å²) in [7, 11) is 0. The van der Waals surface area contributed by atoms with Gasteiger partial charge in [-0.05, 0) is 18.1 Å². The molecule has 0 heterocycles. The summed E-state index contributed by atoms with van der Waals surface area (Å²) in [6.45, 7) is 0. The van der Waals surface area contributed by atoms with Gasteiger partial charge in [-0.25, -0.2) is 0 Å². The highest BCUT2D eigenvalue weighted by Gasteiger charge is 2.09. The van der Waals surface area contributed by atoms with Crippen LogP contribution in [0.25, 0.3) is 0 Å². The minimum atomic E-state index is 0.332. The van der Waals surface area contributed by atoms with Crippen LogP contribution in [0.2, 0.25) is 0 Å². The Kier molecular flexibility index (Phi) is 2.51. The van der Waals surface area contributed by atoms with Crippen LogP contribution in [0.1, 0.15) is 11.5 Å². The van der Waals surface area contributed by atoms with E-state index in [2.05, 4.69) is 24.6 Å². The fourth-order valence-corrected chi connectivity index (χ4v) is 1.64. The highest BCUT2D eigenvalue weighted by atomic mass is 35.5. The molecule has 1 aliphatic rings. The van der Waals surface area contributed by atoms with E-state index < -0.39 is 0 Å². The molecule has 1 aromatic carbocycles. The number of halogens is 1. The van der Waals surface area contributed by atoms with Crippen molar-refractivity contribution in [2.24, 2.45) is 0 Å². The van der Waals surface area contributed by atoms with Crippen LogP contribution in [-0.4, -0.2) is 0 Å². The standard InChI is InChI=1S/C12H10Cl/c13-12-8-4-7-11(9-12)10-5-2-1-3-6-10/h1-9,11H. The minimum Gasteiger partial charge on any atom is -0.0847 e. The zero-order chi connectivity index (χ0) is 9.10. The molecule has 0 saturated carbocycles. The van der Waals surface area contributed by atoms with E-state index in [0.29, 0.717) is 5.92 Å². The maximum Gasteiger partial charge on any atom is 0.0369 e. The summed E-state index contributed by atoms with van der Waals surface area (Å²) in [5.41, 5.74) is 1.28. The third kappa shape index (κ3) is 2.02. The molecular formula is C12H10Cl. The average Bonchev–Trinajstić information content (AvgIpc) is 2.19. The minimum absolute atomic E-state index is 0.332. The van der Waals surface area contributed by atoms with Crippen LogP contribution in [0.4, 0.5) is 0 Å². The Morgan fingerprint density at radius 3 is 2.54 bits per heavy atom. The average molecular weight is 190 g/mol. The molecule has 0 bridgehead atoms. The van der Waals surface area contributed by atoms with Crippen molar-refractivity contribution in [2.45, 2.75) is 5.92 Å². The summed E-state index contributed by atoms with van der Waals surface area (Å²) >= 11 is 5.92. The summed E-state index contributed by atoms with van der Waals surface area (Å²) in [6, 6.07) is 10.3. The summed E-state index contributed by atoms with van der Waals surface area (Å²) < 4.78 is 0. The number of hydrogen-bond donors (Lipinski definition) is 0. The van der Waals surface area contributed by atoms with Gasteiger partial charge in [0, 0.05) is 11.0 Å². The molecule has 0 aliphatic heterocycles. The van der Waals surface area contributed by atoms with Gasteiger partial charge < -0.3 is 0 Å². The Morgan fingerprint density at radius 1 is 1.08 bits per heavy atom. The maximum atomic E-state index is 5.92. The molecule has 1 aromatic rings. The summed E-state index contributed by atoms with van der Waals surface area (Å²) in [6.07, 6.45) is 8.10. The van der Waals surface area contributed by atoms with Crippen LogP contribution < -0.4 is 0 Å². The Labute approximate surface area is 83.5 Å². The Bertz CT molecular complexity index is 335. The molecule has 0 nitrogen and oxygen atoms in total. The Hall–Kier alpha value is -1.01. The van der Waals surface area contributed by atoms with Crippen molar-refractivity contribution in [1.29, 1.82) is 0 Å². The van der Waals surface area contributed by atoms with Gasteiger partial charge in [0.25, 0.3) is 0 Å². The lowest BCUT2D eigenvalue weighted by molar-refractivity contribution is 1.01. The van der Waals surface area contributed by atoms with Crippen molar-refractivity contribution in [3.05, 3.63) is 65.6 Å². The van der Waals surface area contributed by atoms with Crippen LogP contribution in [-0.2, 0) is 0 Å². The van der Waals surface area contributed by atoms with E-state index in [4.69, 9.17) is 11.6 Å². The summed E-state index contributed by atoms with van der Waals surface area (Å²) in [5, 5.41) is 0.816. The lowest BCUT2D eigenvalue weighted by atomic mass is 9.93. The maximum absolute atomic E-state index is 5.92. The van der Waals surface area contributed by atoms with E-state index in [1.807, 2.05) is 30.4 Å². The van der Waals surface area contributed by atoms with Crippen molar-refractivity contribution >= 4 is 11.6 Å². The fourth-order valence-electron chi connectivity index (χ4n) is 1.43. The molecule has 0 N–H and O–H groups in total. The smallest absolute Gasteiger partial charge is 0.0369 e. The van der Waals surface area contributed by atoms with Crippen molar-refractivity contribution in [1.82, 2.24) is 0 Å². The predicted octanol–water partition coefficient (Wildman–Crippen LogP) is 3.67. The first-order valence-corrected chi connectivity index (χ1v) is 4.68. The molecule has 0 spiro atoms. The van der Waals surface area contributed by atoms with Gasteiger partial charge in [0.15, 0.2) is 0 Å². The molecule has 65 valence electrons. The van der Waals surface area contributed by atoms with Gasteiger partial charge in [-0.1, -0.05) is 54.1 Å². The molecule has 1 unspecified atom stereocenters. The zero-order valence-electron chi connectivity index (χ0n) is 7.15. The summed E-state index contributed by atoms with van der Waals surface area (Å²) in [4.78, 5) is 0. The van der Waals surface area contributed by atoms with Crippen molar-refractivity contribution in [3.8, 4) is 0 Å². The largest absolute Gasteiger partial charge is 0.0847 e. The third-order valence-corrected chi connectivity index (χ3v) is 2.35. The highest BCUT2D eigenvalue weighted by Crippen LogP contribution is 2.27. The third-order valence-electron chi connectivity index (χ3n) is 2.10. The van der Waals surface area contributed by atoms with Gasteiger partial charge in [-0.3, -0.25) is 0 Å². The molecule has 0 saturated heterocycles. The van der Waals surface area contributed by atoms with Gasteiger partial charge in [0.1, 0.15) is 0 Å². The molecule has 0 amide bonds. The first-order valence-electron chi connectivity index (χ1n) is 4.30. The van der Waals surface area contributed by atoms with Crippen LogP contribution >= 0.6 is 11.6 Å². The number of allylic oxidation sites excluding steroid dienone is 4. The van der Waals surface area contributed by atoms with Crippen LogP contribution in [0.15, 0.2) is 53.6 Å². The second kappa shape index (κ2) is 3.80. The second-order valence-electron chi connectivity index (χ2n) is 3.04. The quantitative estimate of drug-likeness (QED) is 0.633. The molecule has 1 atom stereocenters. The van der Waals surface area contributed by atoms with Gasteiger partial charge in [0.2, 0.25) is 0 Å². The predicted molar refractivity (Wildman–Crippen MR) is 56.6 cm³/mol. The van der Waals surface area contributed by atoms with Crippen LogP contribution in [0, 0.1) is 6.42 Å². The molecule has 0 fully saturated rings. The summed E-state index contributed by atoms with van der Waals surface area (Å²) in [5.74, 6) is 0.332. The van der Waals surface area contributed by atoms with Gasteiger partial charge in [-0.15, -0.1) is 0 Å². The Balaban J connectivity index is 2.24. The molecular weight excluding hydrogens is 180 g/mol. The molecule has 0 aromatic heterocycles. The van der Waals surface area contributed by atoms with E-state index in [0.717, 1.165) is 5.03 Å². The van der Waals surface area contributed by atoms with Gasteiger partial charge >= 0.3 is 0 Å². The first-order chi connectivity index (χ1) is 6.36. The van der Waals surface area contributed by atoms with E-state index in [1.54, 1.807) is 0 Å². The Morgan fingerprint density at radius 2 is 1.85 bits per heavy atom. The molecule has 1 radical (unpaired) electrons. The van der Waals surface area contributed by atoms with Crippen LogP contribution in [0.5, 0.6) is 0 Å². The van der Waals surface area contributed by atoms with Gasteiger partial charge in [-0.2, -0.15) is 0 Å². The zero-order valence-corrected chi connectivity index (χ0v) is 7.91. The van der Waals surface area contributed by atoms with E-state index in [-0.39, 0.29) is 0 Å². The van der Waals surface area contributed by atoms with Crippen molar-refractivity contribution in [2.75, 3.05) is 0 Å². The monoisotopic (exact) mass is 189 g/mol. The number of hydrogen-bond acceptors (Lipinski definition) is 0. The highest BCUT2D eigenvalue weighted by molar-refractivity contribution is 6.31. The molecule has 2 rings (SSSR count). The van der Waals surface area contributed by atoms with E-state index in [1.165, 1.54) is 5.56 Å². The lowest BCUT2D eigenvalue weighted by Crippen LogP contribution is -1.97. The lowest BCUT2D eigenvalue weighted by Gasteiger charge is -2.13. The first kappa shape index (κ1) is 8.58. The molecule has 1 aliphatic carbocycles. The molecule has 13 heavy (non-hydrogen) atoms. The van der Waals surface area contributed by atoms with Crippen LogP contribution in [0.3, 0.4) is 0 Å². The normalized spacial score (nSPS) is 21.3.